The van der Waals surface area contributed by atoms with Gasteiger partial charge >= 0.3 is 18.0 Å². The molecule has 0 heterocycles. The van der Waals surface area contributed by atoms with Crippen LogP contribution in [-0.2, 0) is 35.2 Å². The number of esters is 2. The van der Waals surface area contributed by atoms with E-state index >= 15 is 0 Å². The summed E-state index contributed by atoms with van der Waals surface area (Å²) in [6.45, 7) is 8.36. The summed E-state index contributed by atoms with van der Waals surface area (Å²) < 4.78 is 15.0. The van der Waals surface area contributed by atoms with Crippen LogP contribution in [0.1, 0.15) is 39.2 Å². The number of carbonyl (C=O) groups excluding carboxylic acids is 4. The SMILES string of the molecule is C=CCOC(=O)CC(=O)[C@H](CC(=O)OCc1ccccc1)NC(=O)OC(C)(C)C. The third kappa shape index (κ3) is 10.7. The van der Waals surface area contributed by atoms with Gasteiger partial charge < -0.3 is 19.5 Å². The first kappa shape index (κ1) is 23.9. The molecule has 1 rings (SSSR count). The molecule has 1 aromatic rings. The molecule has 0 bridgehead atoms. The second-order valence-corrected chi connectivity index (χ2v) is 7.16. The van der Waals surface area contributed by atoms with Crippen molar-refractivity contribution in [2.24, 2.45) is 0 Å². The molecule has 0 aliphatic carbocycles. The highest BCUT2D eigenvalue weighted by Crippen LogP contribution is 2.09. The molecule has 0 saturated heterocycles. The van der Waals surface area contributed by atoms with Gasteiger partial charge in [-0.15, -0.1) is 0 Å². The third-order valence-corrected chi connectivity index (χ3v) is 3.37. The first-order chi connectivity index (χ1) is 13.6. The van der Waals surface area contributed by atoms with Crippen LogP contribution in [0.4, 0.5) is 4.79 Å². The molecule has 0 aromatic heterocycles. The maximum absolute atomic E-state index is 12.4. The number of hydrogen-bond donors (Lipinski definition) is 1. The van der Waals surface area contributed by atoms with Gasteiger partial charge in [-0.3, -0.25) is 14.4 Å². The van der Waals surface area contributed by atoms with E-state index in [-0.39, 0.29) is 13.2 Å². The lowest BCUT2D eigenvalue weighted by Gasteiger charge is -2.22. The van der Waals surface area contributed by atoms with E-state index in [0.29, 0.717) is 0 Å². The Labute approximate surface area is 170 Å². The molecule has 29 heavy (non-hydrogen) atoms. The average molecular weight is 405 g/mol. The van der Waals surface area contributed by atoms with Crippen molar-refractivity contribution in [3.05, 3.63) is 48.6 Å². The van der Waals surface area contributed by atoms with Crippen LogP contribution < -0.4 is 5.32 Å². The zero-order chi connectivity index (χ0) is 21.9. The lowest BCUT2D eigenvalue weighted by Crippen LogP contribution is -2.45. The molecule has 0 aliphatic heterocycles. The number of alkyl carbamates (subject to hydrolysis) is 1. The summed E-state index contributed by atoms with van der Waals surface area (Å²) in [7, 11) is 0. The Kier molecular flexibility index (Phi) is 9.58. The molecule has 1 aromatic carbocycles. The van der Waals surface area contributed by atoms with E-state index < -0.39 is 48.3 Å². The van der Waals surface area contributed by atoms with Crippen molar-refractivity contribution in [1.82, 2.24) is 5.32 Å². The number of hydrogen-bond acceptors (Lipinski definition) is 7. The van der Waals surface area contributed by atoms with Crippen molar-refractivity contribution < 1.29 is 33.4 Å². The molecule has 1 amide bonds. The number of carbonyl (C=O) groups is 4. The number of nitrogens with one attached hydrogen (secondary N) is 1. The van der Waals surface area contributed by atoms with Gasteiger partial charge in [0.1, 0.15) is 31.3 Å². The summed E-state index contributed by atoms with van der Waals surface area (Å²) >= 11 is 0. The fraction of sp³-hybridized carbons (Fsp3) is 0.429. The topological polar surface area (TPSA) is 108 Å². The van der Waals surface area contributed by atoms with Gasteiger partial charge in [0, 0.05) is 0 Å². The monoisotopic (exact) mass is 405 g/mol. The zero-order valence-electron chi connectivity index (χ0n) is 16.9. The van der Waals surface area contributed by atoms with Crippen molar-refractivity contribution >= 4 is 23.8 Å². The maximum atomic E-state index is 12.4. The van der Waals surface area contributed by atoms with E-state index in [4.69, 9.17) is 14.2 Å². The van der Waals surface area contributed by atoms with Gasteiger partial charge in [0.2, 0.25) is 0 Å². The lowest BCUT2D eigenvalue weighted by molar-refractivity contribution is -0.149. The Balaban J connectivity index is 2.73. The van der Waals surface area contributed by atoms with E-state index in [1.165, 1.54) is 6.08 Å². The van der Waals surface area contributed by atoms with Gasteiger partial charge in [0.25, 0.3) is 0 Å². The van der Waals surface area contributed by atoms with Crippen LogP contribution >= 0.6 is 0 Å². The zero-order valence-corrected chi connectivity index (χ0v) is 16.9. The van der Waals surface area contributed by atoms with Gasteiger partial charge in [-0.25, -0.2) is 4.79 Å². The molecule has 1 N–H and O–H groups in total. The highest BCUT2D eigenvalue weighted by atomic mass is 16.6. The normalized spacial score (nSPS) is 11.7. The molecule has 0 radical (unpaired) electrons. The van der Waals surface area contributed by atoms with Crippen molar-refractivity contribution in [3.63, 3.8) is 0 Å². The minimum absolute atomic E-state index is 0.0222. The second kappa shape index (κ2) is 11.6. The highest BCUT2D eigenvalue weighted by molar-refractivity contribution is 6.01. The molecule has 0 unspecified atom stereocenters. The van der Waals surface area contributed by atoms with Crippen molar-refractivity contribution in [2.75, 3.05) is 6.61 Å². The number of ether oxygens (including phenoxy) is 3. The van der Waals surface area contributed by atoms with Gasteiger partial charge in [0.15, 0.2) is 5.78 Å². The first-order valence-corrected chi connectivity index (χ1v) is 9.09. The standard InChI is InChI=1S/C21H27NO7/c1-5-11-27-19(25)13-17(23)16(22-20(26)29-21(2,3)4)12-18(24)28-14-15-9-7-6-8-10-15/h5-10,16H,1,11-14H2,2-4H3,(H,22,26)/t16-/m0/s1. The van der Waals surface area contributed by atoms with Crippen LogP contribution in [0, 0.1) is 0 Å². The lowest BCUT2D eigenvalue weighted by atomic mass is 10.1. The van der Waals surface area contributed by atoms with E-state index in [0.717, 1.165) is 5.56 Å². The van der Waals surface area contributed by atoms with E-state index in [2.05, 4.69) is 11.9 Å². The summed E-state index contributed by atoms with van der Waals surface area (Å²) in [5.41, 5.74) is -0.0224. The number of rotatable bonds is 10. The number of Topliss-reactive ketones (excluding diaryl/α,β-unsaturated/α-hetero) is 1. The van der Waals surface area contributed by atoms with Crippen LogP contribution in [0.15, 0.2) is 43.0 Å². The van der Waals surface area contributed by atoms with Gasteiger partial charge in [-0.1, -0.05) is 43.0 Å². The van der Waals surface area contributed by atoms with Crippen LogP contribution in [-0.4, -0.2) is 42.1 Å². The maximum Gasteiger partial charge on any atom is 0.408 e. The van der Waals surface area contributed by atoms with Crippen LogP contribution in [0.3, 0.4) is 0 Å². The molecular formula is C21H27NO7. The second-order valence-electron chi connectivity index (χ2n) is 7.16. The molecule has 0 fully saturated rings. The molecule has 1 atom stereocenters. The average Bonchev–Trinajstić information content (AvgIpc) is 2.63. The van der Waals surface area contributed by atoms with E-state index in [1.54, 1.807) is 45.0 Å². The minimum Gasteiger partial charge on any atom is -0.461 e. The Hall–Kier alpha value is -3.16. The smallest absolute Gasteiger partial charge is 0.408 e. The largest absolute Gasteiger partial charge is 0.461 e. The Bertz CT molecular complexity index is 722. The molecule has 0 saturated carbocycles. The Morgan fingerprint density at radius 3 is 2.31 bits per heavy atom. The molecule has 158 valence electrons. The van der Waals surface area contributed by atoms with E-state index in [1.807, 2.05) is 6.07 Å². The molecule has 8 heteroatoms. The predicted octanol–water partition coefficient (Wildman–Crippen LogP) is 2.70. The van der Waals surface area contributed by atoms with Crippen LogP contribution in [0.5, 0.6) is 0 Å². The van der Waals surface area contributed by atoms with E-state index in [9.17, 15) is 19.2 Å². The summed E-state index contributed by atoms with van der Waals surface area (Å²) in [5, 5.41) is 2.32. The molecule has 8 nitrogen and oxygen atoms in total. The molecule has 0 spiro atoms. The minimum atomic E-state index is -1.29. The number of amides is 1. The Morgan fingerprint density at radius 2 is 1.72 bits per heavy atom. The number of benzene rings is 1. The van der Waals surface area contributed by atoms with Crippen molar-refractivity contribution in [2.45, 2.75) is 51.9 Å². The van der Waals surface area contributed by atoms with Crippen LogP contribution in [0.25, 0.3) is 0 Å². The van der Waals surface area contributed by atoms with Gasteiger partial charge in [0.05, 0.1) is 6.42 Å². The quantitative estimate of drug-likeness (QED) is 0.276. The van der Waals surface area contributed by atoms with Crippen molar-refractivity contribution in [1.29, 1.82) is 0 Å². The summed E-state index contributed by atoms with van der Waals surface area (Å²) in [6.07, 6.45) is -0.578. The molecular weight excluding hydrogens is 378 g/mol. The third-order valence-electron chi connectivity index (χ3n) is 3.37. The summed E-state index contributed by atoms with van der Waals surface area (Å²) in [5.74, 6) is -2.19. The number of ketones is 1. The van der Waals surface area contributed by atoms with Crippen molar-refractivity contribution in [3.8, 4) is 0 Å². The first-order valence-electron chi connectivity index (χ1n) is 9.09. The fourth-order valence-electron chi connectivity index (χ4n) is 2.13. The van der Waals surface area contributed by atoms with Gasteiger partial charge in [-0.05, 0) is 26.3 Å². The predicted molar refractivity (Wildman–Crippen MR) is 105 cm³/mol. The fourth-order valence-corrected chi connectivity index (χ4v) is 2.13. The highest BCUT2D eigenvalue weighted by Gasteiger charge is 2.28. The Morgan fingerprint density at radius 1 is 1.07 bits per heavy atom. The van der Waals surface area contributed by atoms with Crippen LogP contribution in [0.2, 0.25) is 0 Å². The summed E-state index contributed by atoms with van der Waals surface area (Å²) in [6, 6.07) is 7.71. The summed E-state index contributed by atoms with van der Waals surface area (Å²) in [4.78, 5) is 48.3. The molecule has 0 aliphatic rings. The van der Waals surface area contributed by atoms with Gasteiger partial charge in [-0.2, -0.15) is 0 Å².